The van der Waals surface area contributed by atoms with Crippen LogP contribution in [0.1, 0.15) is 19.4 Å². The summed E-state index contributed by atoms with van der Waals surface area (Å²) in [6, 6.07) is 5.99. The van der Waals surface area contributed by atoms with Gasteiger partial charge in [0.1, 0.15) is 0 Å². The van der Waals surface area contributed by atoms with E-state index in [4.69, 9.17) is 9.47 Å². The molecule has 0 spiro atoms. The van der Waals surface area contributed by atoms with E-state index in [1.165, 1.54) is 0 Å². The predicted octanol–water partition coefficient (Wildman–Crippen LogP) is 2.26. The summed E-state index contributed by atoms with van der Waals surface area (Å²) in [4.78, 5) is 14.1. The van der Waals surface area contributed by atoms with Gasteiger partial charge >= 0.3 is 0 Å². The molecular weight excluding hydrogens is 268 g/mol. The van der Waals surface area contributed by atoms with Crippen LogP contribution in [0.25, 0.3) is 0 Å². The van der Waals surface area contributed by atoms with Crippen molar-refractivity contribution in [1.82, 2.24) is 0 Å². The Balaban J connectivity index is 2.19. The number of morpholine rings is 1. The van der Waals surface area contributed by atoms with Crippen molar-refractivity contribution in [3.05, 3.63) is 23.8 Å². The summed E-state index contributed by atoms with van der Waals surface area (Å²) >= 11 is 0. The van der Waals surface area contributed by atoms with E-state index < -0.39 is 0 Å². The highest BCUT2D eigenvalue weighted by Crippen LogP contribution is 2.26. The summed E-state index contributed by atoms with van der Waals surface area (Å²) in [6.07, 6.45) is 0. The number of carbonyl (C=O) groups excluding carboxylic acids is 1. The zero-order valence-electron chi connectivity index (χ0n) is 13.0. The van der Waals surface area contributed by atoms with Crippen LogP contribution in [-0.4, -0.2) is 39.3 Å². The minimum absolute atomic E-state index is 0.0255. The van der Waals surface area contributed by atoms with Gasteiger partial charge in [-0.2, -0.15) is 0 Å². The van der Waals surface area contributed by atoms with Gasteiger partial charge < -0.3 is 19.7 Å². The van der Waals surface area contributed by atoms with Crippen molar-refractivity contribution in [3.8, 4) is 0 Å². The van der Waals surface area contributed by atoms with Crippen LogP contribution in [0.3, 0.4) is 0 Å². The maximum atomic E-state index is 11.8. The number of amides is 1. The van der Waals surface area contributed by atoms with Gasteiger partial charge in [-0.15, -0.1) is 0 Å². The summed E-state index contributed by atoms with van der Waals surface area (Å²) in [6.45, 7) is 7.55. The molecule has 0 bridgehead atoms. The summed E-state index contributed by atoms with van der Waals surface area (Å²) in [7, 11) is 1.68. The Morgan fingerprint density at radius 2 is 2.10 bits per heavy atom. The lowest BCUT2D eigenvalue weighted by molar-refractivity contribution is -0.118. The number of anilines is 2. The predicted molar refractivity (Wildman–Crippen MR) is 83.7 cm³/mol. The SMILES string of the molecule is COCc1cc(NC(=O)C(C)C)ccc1N1CCOCC1. The number of nitrogens with one attached hydrogen (secondary N) is 1. The molecule has 1 aliphatic rings. The molecule has 1 aromatic carbocycles. The molecule has 0 aromatic heterocycles. The minimum Gasteiger partial charge on any atom is -0.380 e. The zero-order chi connectivity index (χ0) is 15.2. The molecule has 0 aliphatic carbocycles. The lowest BCUT2D eigenvalue weighted by Crippen LogP contribution is -2.36. The van der Waals surface area contributed by atoms with E-state index in [2.05, 4.69) is 16.3 Å². The highest BCUT2D eigenvalue weighted by Gasteiger charge is 2.16. The Morgan fingerprint density at radius 1 is 1.38 bits per heavy atom. The van der Waals surface area contributed by atoms with E-state index >= 15 is 0 Å². The molecule has 5 nitrogen and oxygen atoms in total. The molecule has 1 fully saturated rings. The van der Waals surface area contributed by atoms with Crippen LogP contribution in [0.5, 0.6) is 0 Å². The molecule has 0 saturated carbocycles. The smallest absolute Gasteiger partial charge is 0.226 e. The maximum absolute atomic E-state index is 11.8. The Morgan fingerprint density at radius 3 is 2.71 bits per heavy atom. The molecule has 5 heteroatoms. The lowest BCUT2D eigenvalue weighted by Gasteiger charge is -2.30. The van der Waals surface area contributed by atoms with Crippen LogP contribution in [0.4, 0.5) is 11.4 Å². The molecule has 0 radical (unpaired) electrons. The zero-order valence-corrected chi connectivity index (χ0v) is 13.0. The maximum Gasteiger partial charge on any atom is 0.226 e. The first-order valence-corrected chi connectivity index (χ1v) is 7.37. The van der Waals surface area contributed by atoms with Gasteiger partial charge in [-0.3, -0.25) is 4.79 Å². The third kappa shape index (κ3) is 4.19. The van der Waals surface area contributed by atoms with E-state index in [0.717, 1.165) is 43.2 Å². The summed E-state index contributed by atoms with van der Waals surface area (Å²) in [5.41, 5.74) is 3.06. The van der Waals surface area contributed by atoms with Gasteiger partial charge in [-0.25, -0.2) is 0 Å². The molecule has 2 rings (SSSR count). The number of hydrogen-bond acceptors (Lipinski definition) is 4. The first-order valence-electron chi connectivity index (χ1n) is 7.37. The molecule has 116 valence electrons. The van der Waals surface area contributed by atoms with Gasteiger partial charge in [0.2, 0.25) is 5.91 Å². The Kier molecular flexibility index (Phi) is 5.59. The lowest BCUT2D eigenvalue weighted by atomic mass is 10.1. The average molecular weight is 292 g/mol. The van der Waals surface area contributed by atoms with Gasteiger partial charge in [0, 0.05) is 43.1 Å². The normalized spacial score (nSPS) is 15.3. The second-order valence-electron chi connectivity index (χ2n) is 5.52. The summed E-state index contributed by atoms with van der Waals surface area (Å²) < 4.78 is 10.7. The first-order chi connectivity index (χ1) is 10.1. The topological polar surface area (TPSA) is 50.8 Å². The Bertz CT molecular complexity index is 482. The molecule has 1 heterocycles. The fourth-order valence-electron chi connectivity index (χ4n) is 2.33. The number of rotatable bonds is 5. The molecule has 1 aliphatic heterocycles. The molecule has 0 unspecified atom stereocenters. The van der Waals surface area contributed by atoms with Crippen molar-refractivity contribution in [1.29, 1.82) is 0 Å². The third-order valence-corrected chi connectivity index (χ3v) is 3.52. The molecule has 1 N–H and O–H groups in total. The monoisotopic (exact) mass is 292 g/mol. The van der Waals surface area contributed by atoms with Crippen molar-refractivity contribution < 1.29 is 14.3 Å². The average Bonchev–Trinajstić information content (AvgIpc) is 2.48. The molecule has 1 aromatic rings. The van der Waals surface area contributed by atoms with E-state index in [1.54, 1.807) is 7.11 Å². The van der Waals surface area contributed by atoms with Crippen LogP contribution in [0.2, 0.25) is 0 Å². The fraction of sp³-hybridized carbons (Fsp3) is 0.562. The highest BCUT2D eigenvalue weighted by atomic mass is 16.5. The first kappa shape index (κ1) is 15.8. The van der Waals surface area contributed by atoms with Crippen molar-refractivity contribution in [3.63, 3.8) is 0 Å². The van der Waals surface area contributed by atoms with Crippen LogP contribution in [0, 0.1) is 5.92 Å². The summed E-state index contributed by atoms with van der Waals surface area (Å²) in [5.74, 6) is -0.00714. The minimum atomic E-state index is -0.0326. The van der Waals surface area contributed by atoms with Crippen LogP contribution in [-0.2, 0) is 20.9 Å². The second kappa shape index (κ2) is 7.43. The number of benzene rings is 1. The number of ether oxygens (including phenoxy) is 2. The van der Waals surface area contributed by atoms with Gasteiger partial charge in [-0.1, -0.05) is 13.8 Å². The van der Waals surface area contributed by atoms with Crippen molar-refractivity contribution in [2.24, 2.45) is 5.92 Å². The third-order valence-electron chi connectivity index (χ3n) is 3.52. The standard InChI is InChI=1S/C16H24N2O3/c1-12(2)16(19)17-14-4-5-15(13(10-14)11-20-3)18-6-8-21-9-7-18/h4-5,10,12H,6-9,11H2,1-3H3,(H,17,19). The van der Waals surface area contributed by atoms with Crippen molar-refractivity contribution >= 4 is 17.3 Å². The molecule has 1 saturated heterocycles. The summed E-state index contributed by atoms with van der Waals surface area (Å²) in [5, 5.41) is 2.93. The van der Waals surface area contributed by atoms with Crippen LogP contribution < -0.4 is 10.2 Å². The van der Waals surface area contributed by atoms with Gasteiger partial charge in [-0.05, 0) is 18.2 Å². The largest absolute Gasteiger partial charge is 0.380 e. The fourth-order valence-corrected chi connectivity index (χ4v) is 2.33. The Labute approximate surface area is 126 Å². The van der Waals surface area contributed by atoms with Crippen LogP contribution in [0.15, 0.2) is 18.2 Å². The van der Waals surface area contributed by atoms with Crippen LogP contribution >= 0.6 is 0 Å². The van der Waals surface area contributed by atoms with Gasteiger partial charge in [0.25, 0.3) is 0 Å². The van der Waals surface area contributed by atoms with Gasteiger partial charge in [0.05, 0.1) is 19.8 Å². The van der Waals surface area contributed by atoms with Gasteiger partial charge in [0.15, 0.2) is 0 Å². The molecular formula is C16H24N2O3. The second-order valence-corrected chi connectivity index (χ2v) is 5.52. The van der Waals surface area contributed by atoms with Crippen molar-refractivity contribution in [2.75, 3.05) is 43.6 Å². The van der Waals surface area contributed by atoms with E-state index in [-0.39, 0.29) is 11.8 Å². The number of nitrogens with zero attached hydrogens (tertiary/aromatic N) is 1. The van der Waals surface area contributed by atoms with E-state index in [0.29, 0.717) is 6.61 Å². The quantitative estimate of drug-likeness (QED) is 0.904. The molecule has 0 atom stereocenters. The van der Waals surface area contributed by atoms with E-state index in [9.17, 15) is 4.79 Å². The Hall–Kier alpha value is -1.59. The number of hydrogen-bond donors (Lipinski definition) is 1. The number of carbonyl (C=O) groups is 1. The van der Waals surface area contributed by atoms with E-state index in [1.807, 2.05) is 26.0 Å². The number of methoxy groups -OCH3 is 1. The molecule has 1 amide bonds. The van der Waals surface area contributed by atoms with Crippen molar-refractivity contribution in [2.45, 2.75) is 20.5 Å². The molecule has 21 heavy (non-hydrogen) atoms. The highest BCUT2D eigenvalue weighted by molar-refractivity contribution is 5.92.